The first-order valence-electron chi connectivity index (χ1n) is 7.08. The number of rotatable bonds is 4. The van der Waals surface area contributed by atoms with E-state index in [-0.39, 0.29) is 11.6 Å². The van der Waals surface area contributed by atoms with Gasteiger partial charge in [-0.05, 0) is 31.9 Å². The maximum absolute atomic E-state index is 12.5. The number of aryl methyl sites for hydroxylation is 3. The summed E-state index contributed by atoms with van der Waals surface area (Å²) in [6, 6.07) is 5.92. The van der Waals surface area contributed by atoms with Gasteiger partial charge in [-0.1, -0.05) is 25.1 Å². The molecule has 0 aliphatic rings. The Morgan fingerprint density at radius 1 is 1.19 bits per heavy atom. The normalized spacial score (nSPS) is 10.7. The van der Waals surface area contributed by atoms with Gasteiger partial charge < -0.3 is 0 Å². The zero-order valence-electron chi connectivity index (χ0n) is 12.9. The lowest BCUT2D eigenvalue weighted by Gasteiger charge is -2.18. The van der Waals surface area contributed by atoms with Crippen LogP contribution in [0.15, 0.2) is 23.0 Å². The molecule has 2 rings (SSSR count). The molecule has 6 heteroatoms. The minimum Gasteiger partial charge on any atom is -0.279 e. The average molecular weight is 287 g/mol. The van der Waals surface area contributed by atoms with Crippen molar-refractivity contribution in [3.05, 3.63) is 45.6 Å². The summed E-state index contributed by atoms with van der Waals surface area (Å²) in [6.07, 6.45) is 0.621. The fraction of sp³-hybridized carbons (Fsp3) is 0.400. The van der Waals surface area contributed by atoms with E-state index in [4.69, 9.17) is 5.84 Å². The molecule has 0 fully saturated rings. The second-order valence-electron chi connectivity index (χ2n) is 4.94. The van der Waals surface area contributed by atoms with Gasteiger partial charge >= 0.3 is 5.69 Å². The topological polar surface area (TPSA) is 77.0 Å². The Morgan fingerprint density at radius 3 is 2.33 bits per heavy atom. The van der Waals surface area contributed by atoms with Crippen LogP contribution in [0.5, 0.6) is 0 Å². The predicted octanol–water partition coefficient (Wildman–Crippen LogP) is 1.51. The Kier molecular flexibility index (Phi) is 4.37. The molecule has 6 nitrogen and oxygen atoms in total. The number of nitrogens with two attached hydrogens (primary N) is 1. The van der Waals surface area contributed by atoms with Crippen molar-refractivity contribution in [2.45, 2.75) is 34.1 Å². The maximum atomic E-state index is 12.5. The van der Waals surface area contributed by atoms with Crippen LogP contribution in [0.3, 0.4) is 0 Å². The molecule has 0 radical (unpaired) electrons. The summed E-state index contributed by atoms with van der Waals surface area (Å²) in [5.74, 6) is 6.72. The van der Waals surface area contributed by atoms with Gasteiger partial charge in [0.15, 0.2) is 0 Å². The van der Waals surface area contributed by atoms with Crippen LogP contribution < -0.4 is 16.5 Å². The highest BCUT2D eigenvalue weighted by Crippen LogP contribution is 2.19. The van der Waals surface area contributed by atoms with Crippen LogP contribution in [0.1, 0.15) is 30.8 Å². The van der Waals surface area contributed by atoms with Crippen molar-refractivity contribution >= 4 is 5.95 Å². The molecular formula is C15H21N5O. The Labute approximate surface area is 124 Å². The third-order valence-corrected chi connectivity index (χ3v) is 3.45. The summed E-state index contributed by atoms with van der Waals surface area (Å²) in [6.45, 7) is 8.33. The first-order chi connectivity index (χ1) is 9.99. The van der Waals surface area contributed by atoms with Crippen molar-refractivity contribution in [3.8, 4) is 5.69 Å². The van der Waals surface area contributed by atoms with Gasteiger partial charge in [0.1, 0.15) is 5.82 Å². The summed E-state index contributed by atoms with van der Waals surface area (Å²) in [5.41, 5.74) is 2.54. The van der Waals surface area contributed by atoms with Crippen molar-refractivity contribution in [2.24, 2.45) is 5.84 Å². The summed E-state index contributed by atoms with van der Waals surface area (Å²) < 4.78 is 1.58. The van der Waals surface area contributed by atoms with Crippen LogP contribution in [0, 0.1) is 13.8 Å². The van der Waals surface area contributed by atoms with E-state index in [1.54, 1.807) is 4.57 Å². The van der Waals surface area contributed by atoms with Crippen LogP contribution >= 0.6 is 0 Å². The lowest BCUT2D eigenvalue weighted by atomic mass is 10.1. The van der Waals surface area contributed by atoms with E-state index < -0.39 is 0 Å². The largest absolute Gasteiger partial charge is 0.356 e. The summed E-state index contributed by atoms with van der Waals surface area (Å²) in [4.78, 5) is 20.9. The Hall–Kier alpha value is -2.21. The molecule has 0 spiro atoms. The van der Waals surface area contributed by atoms with Crippen LogP contribution in [0.25, 0.3) is 5.69 Å². The van der Waals surface area contributed by atoms with Crippen molar-refractivity contribution in [2.75, 3.05) is 11.6 Å². The summed E-state index contributed by atoms with van der Waals surface area (Å²) >= 11 is 0. The van der Waals surface area contributed by atoms with Gasteiger partial charge in [-0.25, -0.2) is 15.2 Å². The first-order valence-corrected chi connectivity index (χ1v) is 7.08. The minimum atomic E-state index is -0.349. The van der Waals surface area contributed by atoms with Crippen LogP contribution in [-0.2, 0) is 6.42 Å². The molecule has 0 aliphatic heterocycles. The number of benzene rings is 1. The standard InChI is InChI=1S/C15H21N5O/c1-5-12-17-14(19(16)6-2)18-15(21)20(12)13-10(3)8-7-9-11(13)4/h7-9H,5-6,16H2,1-4H3. The maximum Gasteiger partial charge on any atom is 0.356 e. The highest BCUT2D eigenvalue weighted by molar-refractivity contribution is 5.48. The van der Waals surface area contributed by atoms with Gasteiger partial charge in [0.2, 0.25) is 5.95 Å². The van der Waals surface area contributed by atoms with Crippen molar-refractivity contribution in [1.29, 1.82) is 0 Å². The van der Waals surface area contributed by atoms with E-state index >= 15 is 0 Å². The molecule has 0 saturated heterocycles. The van der Waals surface area contributed by atoms with Gasteiger partial charge in [-0.15, -0.1) is 0 Å². The van der Waals surface area contributed by atoms with Crippen LogP contribution in [-0.4, -0.2) is 21.1 Å². The monoisotopic (exact) mass is 287 g/mol. The van der Waals surface area contributed by atoms with E-state index in [9.17, 15) is 4.79 Å². The third-order valence-electron chi connectivity index (χ3n) is 3.45. The SMILES string of the molecule is CCc1nc(N(N)CC)nc(=O)n1-c1c(C)cccc1C. The molecule has 0 atom stereocenters. The second kappa shape index (κ2) is 6.05. The van der Waals surface area contributed by atoms with E-state index in [0.29, 0.717) is 18.8 Å². The number of anilines is 1. The Morgan fingerprint density at radius 2 is 1.81 bits per heavy atom. The van der Waals surface area contributed by atoms with Gasteiger partial charge in [0.25, 0.3) is 0 Å². The molecule has 0 bridgehead atoms. The molecule has 112 valence electrons. The lowest BCUT2D eigenvalue weighted by molar-refractivity contribution is 0.728. The molecule has 21 heavy (non-hydrogen) atoms. The van der Waals surface area contributed by atoms with Crippen LogP contribution in [0.4, 0.5) is 5.95 Å². The first kappa shape index (κ1) is 15.2. The van der Waals surface area contributed by atoms with Gasteiger partial charge in [-0.3, -0.25) is 5.01 Å². The number of aromatic nitrogens is 3. The predicted molar refractivity (Wildman–Crippen MR) is 83.7 cm³/mol. The number of hydrogen-bond acceptors (Lipinski definition) is 5. The molecule has 1 aromatic carbocycles. The van der Waals surface area contributed by atoms with Gasteiger partial charge in [-0.2, -0.15) is 9.97 Å². The summed E-state index contributed by atoms with van der Waals surface area (Å²) in [7, 11) is 0. The second-order valence-corrected chi connectivity index (χ2v) is 4.94. The molecule has 2 aromatic rings. The van der Waals surface area contributed by atoms with E-state index in [1.807, 2.05) is 45.9 Å². The molecule has 0 saturated carbocycles. The third kappa shape index (κ3) is 2.80. The molecule has 1 heterocycles. The van der Waals surface area contributed by atoms with Crippen LogP contribution in [0.2, 0.25) is 0 Å². The van der Waals surface area contributed by atoms with E-state index in [0.717, 1.165) is 16.8 Å². The number of hydrazine groups is 1. The number of nitrogens with zero attached hydrogens (tertiary/aromatic N) is 4. The smallest absolute Gasteiger partial charge is 0.279 e. The zero-order chi connectivity index (χ0) is 15.6. The minimum absolute atomic E-state index is 0.266. The van der Waals surface area contributed by atoms with Crippen molar-refractivity contribution in [3.63, 3.8) is 0 Å². The van der Waals surface area contributed by atoms with Crippen molar-refractivity contribution in [1.82, 2.24) is 14.5 Å². The molecule has 2 N–H and O–H groups in total. The average Bonchev–Trinajstić information content (AvgIpc) is 2.47. The van der Waals surface area contributed by atoms with Gasteiger partial charge in [0.05, 0.1) is 5.69 Å². The summed E-state index contributed by atoms with van der Waals surface area (Å²) in [5, 5.41) is 1.37. The van der Waals surface area contributed by atoms with Crippen molar-refractivity contribution < 1.29 is 0 Å². The van der Waals surface area contributed by atoms with Gasteiger partial charge in [0, 0.05) is 13.0 Å². The molecule has 1 aromatic heterocycles. The highest BCUT2D eigenvalue weighted by Gasteiger charge is 2.15. The Bertz CT molecular complexity index is 687. The molecule has 0 unspecified atom stereocenters. The molecular weight excluding hydrogens is 266 g/mol. The Balaban J connectivity index is 2.73. The fourth-order valence-corrected chi connectivity index (χ4v) is 2.33. The lowest BCUT2D eigenvalue weighted by Crippen LogP contribution is -2.37. The van der Waals surface area contributed by atoms with E-state index in [1.165, 1.54) is 5.01 Å². The number of hydrogen-bond donors (Lipinski definition) is 1. The molecule has 0 aliphatic carbocycles. The highest BCUT2D eigenvalue weighted by atomic mass is 16.1. The quantitative estimate of drug-likeness (QED) is 0.681. The van der Waals surface area contributed by atoms with E-state index in [2.05, 4.69) is 9.97 Å². The molecule has 0 amide bonds. The zero-order valence-corrected chi connectivity index (χ0v) is 12.9. The number of para-hydroxylation sites is 1. The fourth-order valence-electron chi connectivity index (χ4n) is 2.33.